The molecule has 1 aliphatic rings. The highest BCUT2D eigenvalue weighted by Crippen LogP contribution is 2.29. The summed E-state index contributed by atoms with van der Waals surface area (Å²) in [4.78, 5) is 23.4. The molecule has 1 aliphatic carbocycles. The quantitative estimate of drug-likeness (QED) is 0.596. The van der Waals surface area contributed by atoms with Crippen molar-refractivity contribution in [1.29, 1.82) is 0 Å². The van der Waals surface area contributed by atoms with Crippen LogP contribution >= 0.6 is 11.6 Å². The molecule has 162 valence electrons. The fourth-order valence-electron chi connectivity index (χ4n) is 3.28. The largest absolute Gasteiger partial charge is 0.494 e. The third-order valence-electron chi connectivity index (χ3n) is 4.72. The predicted molar refractivity (Wildman–Crippen MR) is 115 cm³/mol. The van der Waals surface area contributed by atoms with E-state index in [-0.39, 0.29) is 11.5 Å². The number of carboxylic acids is 2. The molecule has 2 rings (SSSR count). The second-order valence-electron chi connectivity index (χ2n) is 7.32. The van der Waals surface area contributed by atoms with Crippen LogP contribution < -0.4 is 4.74 Å². The van der Waals surface area contributed by atoms with E-state index in [0.717, 1.165) is 61.9 Å². The zero-order chi connectivity index (χ0) is 21.8. The van der Waals surface area contributed by atoms with Crippen molar-refractivity contribution in [3.05, 3.63) is 40.4 Å². The van der Waals surface area contributed by atoms with Crippen molar-refractivity contribution in [1.82, 2.24) is 4.90 Å². The average molecular weight is 426 g/mol. The second-order valence-corrected chi connectivity index (χ2v) is 7.75. The molecule has 0 saturated heterocycles. The van der Waals surface area contributed by atoms with Gasteiger partial charge in [0, 0.05) is 23.2 Å². The van der Waals surface area contributed by atoms with Crippen LogP contribution in [-0.2, 0) is 16.0 Å². The fourth-order valence-corrected chi connectivity index (χ4v) is 3.48. The Labute approximate surface area is 178 Å². The van der Waals surface area contributed by atoms with Gasteiger partial charge >= 0.3 is 11.9 Å². The van der Waals surface area contributed by atoms with Crippen LogP contribution in [0.5, 0.6) is 5.75 Å². The lowest BCUT2D eigenvalue weighted by Gasteiger charge is -2.21. The molecule has 1 aromatic rings. The van der Waals surface area contributed by atoms with E-state index < -0.39 is 11.9 Å². The van der Waals surface area contributed by atoms with E-state index in [1.54, 1.807) is 0 Å². The Morgan fingerprint density at radius 3 is 2.38 bits per heavy atom. The monoisotopic (exact) mass is 425 g/mol. The minimum Gasteiger partial charge on any atom is -0.494 e. The number of ether oxygens (including phenoxy) is 1. The molecule has 0 aromatic heterocycles. The zero-order valence-corrected chi connectivity index (χ0v) is 18.2. The van der Waals surface area contributed by atoms with Crippen molar-refractivity contribution in [2.45, 2.75) is 45.4 Å². The molecular formula is C22H32ClNO5. The fraction of sp³-hybridized carbons (Fsp3) is 0.545. The maximum absolute atomic E-state index is 10.8. The molecule has 7 heteroatoms. The smallest absolute Gasteiger partial charge is 0.332 e. The van der Waals surface area contributed by atoms with Crippen molar-refractivity contribution in [3.8, 4) is 5.75 Å². The maximum atomic E-state index is 10.8. The van der Waals surface area contributed by atoms with Gasteiger partial charge in [0.15, 0.2) is 0 Å². The number of carboxylic acid groups (broad SMARTS) is 2. The minimum atomic E-state index is -1.17. The normalized spacial score (nSPS) is 14.9. The first-order chi connectivity index (χ1) is 13.7. The highest BCUT2D eigenvalue weighted by molar-refractivity contribution is 6.30. The molecule has 0 heterocycles. The van der Waals surface area contributed by atoms with Gasteiger partial charge in [-0.1, -0.05) is 30.9 Å². The molecule has 0 radical (unpaired) electrons. The number of hydrogen-bond donors (Lipinski definition) is 2. The van der Waals surface area contributed by atoms with Crippen molar-refractivity contribution in [3.63, 3.8) is 0 Å². The Morgan fingerprint density at radius 2 is 1.86 bits per heavy atom. The molecule has 1 saturated carbocycles. The summed E-state index contributed by atoms with van der Waals surface area (Å²) in [6, 6.07) is 5.79. The number of likely N-dealkylation sites (N-methyl/N-ethyl adjacent to an activating group) is 1. The first-order valence-electron chi connectivity index (χ1n) is 9.98. The Kier molecular flexibility index (Phi) is 11.4. The van der Waals surface area contributed by atoms with Gasteiger partial charge < -0.3 is 19.8 Å². The summed E-state index contributed by atoms with van der Waals surface area (Å²) in [5, 5.41) is 18.1. The van der Waals surface area contributed by atoms with Gasteiger partial charge in [0.2, 0.25) is 0 Å². The van der Waals surface area contributed by atoms with E-state index in [1.165, 1.54) is 5.56 Å². The lowest BCUT2D eigenvalue weighted by molar-refractivity contribution is -0.135. The van der Waals surface area contributed by atoms with Gasteiger partial charge in [-0.3, -0.25) is 0 Å². The summed E-state index contributed by atoms with van der Waals surface area (Å²) in [6.45, 7) is 3.68. The Morgan fingerprint density at radius 1 is 1.21 bits per heavy atom. The molecule has 6 nitrogen and oxygen atoms in total. The van der Waals surface area contributed by atoms with Crippen LogP contribution in [0.4, 0.5) is 0 Å². The average Bonchev–Trinajstić information content (AvgIpc) is 2.67. The molecule has 0 unspecified atom stereocenters. The van der Waals surface area contributed by atoms with E-state index in [0.29, 0.717) is 6.61 Å². The van der Waals surface area contributed by atoms with E-state index >= 15 is 0 Å². The molecule has 0 atom stereocenters. The number of carbonyl (C=O) groups is 2. The zero-order valence-electron chi connectivity index (χ0n) is 17.5. The number of benzene rings is 1. The van der Waals surface area contributed by atoms with Crippen LogP contribution in [0.3, 0.4) is 0 Å². The van der Waals surface area contributed by atoms with Crippen molar-refractivity contribution in [2.24, 2.45) is 5.92 Å². The summed E-state index contributed by atoms with van der Waals surface area (Å²) >= 11 is 5.96. The van der Waals surface area contributed by atoms with Crippen LogP contribution in [0, 0.1) is 5.92 Å². The molecule has 0 bridgehead atoms. The minimum absolute atomic E-state index is 0.0530. The summed E-state index contributed by atoms with van der Waals surface area (Å²) < 4.78 is 5.55. The summed E-state index contributed by atoms with van der Waals surface area (Å²) in [7, 11) is 4.12. The van der Waals surface area contributed by atoms with E-state index in [2.05, 4.69) is 19.0 Å². The van der Waals surface area contributed by atoms with Gasteiger partial charge in [0.05, 0.1) is 6.61 Å². The van der Waals surface area contributed by atoms with Gasteiger partial charge in [0.1, 0.15) is 5.75 Å². The number of aliphatic carboxylic acids is 2. The van der Waals surface area contributed by atoms with E-state index in [1.807, 2.05) is 25.1 Å². The van der Waals surface area contributed by atoms with Crippen molar-refractivity contribution >= 4 is 23.5 Å². The number of nitrogens with zero attached hydrogens (tertiary/aromatic N) is 1. The first kappa shape index (κ1) is 25.0. The standard InChI is InChI=1S/C12H18ClNO.C10H14O4/c1-4-15-12-6-5-11(13)9-10(12)7-8-14(2)3;11-9(12)6-8(10(13)14)7-4-2-1-3-5-7/h5-6,9H,4,7-8H2,1-3H3;6-7H,1-5H2,(H,11,12)(H,13,14)/b;8-6+. The topological polar surface area (TPSA) is 87.1 Å². The number of rotatable bonds is 8. The van der Waals surface area contributed by atoms with Crippen LogP contribution in [0.2, 0.25) is 5.02 Å². The number of halogens is 1. The highest BCUT2D eigenvalue weighted by atomic mass is 35.5. The first-order valence-corrected chi connectivity index (χ1v) is 10.4. The lowest BCUT2D eigenvalue weighted by Crippen LogP contribution is -2.17. The summed E-state index contributed by atoms with van der Waals surface area (Å²) in [6.07, 6.45) is 6.50. The maximum Gasteiger partial charge on any atom is 0.332 e. The third kappa shape index (κ3) is 9.81. The highest BCUT2D eigenvalue weighted by Gasteiger charge is 2.23. The summed E-state index contributed by atoms with van der Waals surface area (Å²) in [5.41, 5.74) is 1.23. The molecule has 29 heavy (non-hydrogen) atoms. The van der Waals surface area contributed by atoms with Gasteiger partial charge in [-0.25, -0.2) is 9.59 Å². The SMILES string of the molecule is CCOc1ccc(Cl)cc1CCN(C)C.O=C(O)/C=C(/C(=O)O)C1CCCCC1. The van der Waals surface area contributed by atoms with E-state index in [9.17, 15) is 9.59 Å². The van der Waals surface area contributed by atoms with Crippen molar-refractivity contribution in [2.75, 3.05) is 27.2 Å². The van der Waals surface area contributed by atoms with Crippen LogP contribution in [0.1, 0.15) is 44.6 Å². The molecule has 1 fully saturated rings. The third-order valence-corrected chi connectivity index (χ3v) is 4.96. The molecule has 0 aliphatic heterocycles. The van der Waals surface area contributed by atoms with Crippen LogP contribution in [0.15, 0.2) is 29.8 Å². The summed E-state index contributed by atoms with van der Waals surface area (Å²) in [5.74, 6) is -1.40. The van der Waals surface area contributed by atoms with Gasteiger partial charge in [0.25, 0.3) is 0 Å². The molecule has 2 N–H and O–H groups in total. The van der Waals surface area contributed by atoms with Crippen molar-refractivity contribution < 1.29 is 24.5 Å². The lowest BCUT2D eigenvalue weighted by atomic mass is 9.83. The number of hydrogen-bond acceptors (Lipinski definition) is 4. The predicted octanol–water partition coefficient (Wildman–Crippen LogP) is 4.51. The van der Waals surface area contributed by atoms with Crippen LogP contribution in [0.25, 0.3) is 0 Å². The van der Waals surface area contributed by atoms with Crippen LogP contribution in [-0.4, -0.2) is 54.3 Å². The van der Waals surface area contributed by atoms with Gasteiger partial charge in [-0.2, -0.15) is 0 Å². The van der Waals surface area contributed by atoms with Gasteiger partial charge in [-0.05, 0) is 70.0 Å². The molecule has 0 amide bonds. The Bertz CT molecular complexity index is 696. The second kappa shape index (κ2) is 13.2. The molecule has 0 spiro atoms. The van der Waals surface area contributed by atoms with Gasteiger partial charge in [-0.15, -0.1) is 0 Å². The van der Waals surface area contributed by atoms with E-state index in [4.69, 9.17) is 26.6 Å². The Balaban J connectivity index is 0.000000291. The molecular weight excluding hydrogens is 394 g/mol. The molecule has 1 aromatic carbocycles. The Hall–Kier alpha value is -2.05.